The fourth-order valence-corrected chi connectivity index (χ4v) is 0.947. The number of rotatable bonds is 4. The maximum atomic E-state index is 9.17. The van der Waals surface area contributed by atoms with E-state index in [4.69, 9.17) is 20.3 Å². The van der Waals surface area contributed by atoms with E-state index in [2.05, 4.69) is 0 Å². The maximum absolute atomic E-state index is 9.17. The lowest BCUT2D eigenvalue weighted by atomic mass is 10.3. The lowest BCUT2D eigenvalue weighted by Crippen LogP contribution is -2.10. The summed E-state index contributed by atoms with van der Waals surface area (Å²) < 4.78 is 10.3. The molecule has 0 heterocycles. The second-order valence-electron chi connectivity index (χ2n) is 2.47. The highest BCUT2D eigenvalue weighted by Gasteiger charge is 2.04. The zero-order chi connectivity index (χ0) is 9.68. The molecule has 0 saturated carbocycles. The SMILES string of the molecule is COc1ccc(O)cc1OCCN. The van der Waals surface area contributed by atoms with Gasteiger partial charge >= 0.3 is 0 Å². The molecule has 0 aliphatic heterocycles. The summed E-state index contributed by atoms with van der Waals surface area (Å²) in [4.78, 5) is 0. The van der Waals surface area contributed by atoms with Gasteiger partial charge in [0.25, 0.3) is 0 Å². The van der Waals surface area contributed by atoms with Gasteiger partial charge in [0.2, 0.25) is 0 Å². The zero-order valence-electron chi connectivity index (χ0n) is 7.49. The van der Waals surface area contributed by atoms with Crippen molar-refractivity contribution in [2.24, 2.45) is 5.73 Å². The number of nitrogens with two attached hydrogens (primary N) is 1. The second kappa shape index (κ2) is 4.57. The molecule has 0 aliphatic carbocycles. The maximum Gasteiger partial charge on any atom is 0.164 e. The van der Waals surface area contributed by atoms with Crippen LogP contribution >= 0.6 is 0 Å². The number of phenolic OH excluding ortho intramolecular Hbond substituents is 1. The molecule has 0 spiro atoms. The molecule has 3 N–H and O–H groups in total. The van der Waals surface area contributed by atoms with Gasteiger partial charge in [-0.25, -0.2) is 0 Å². The summed E-state index contributed by atoms with van der Waals surface area (Å²) in [6.45, 7) is 0.832. The highest BCUT2D eigenvalue weighted by atomic mass is 16.5. The lowest BCUT2D eigenvalue weighted by Gasteiger charge is -2.09. The highest BCUT2D eigenvalue weighted by Crippen LogP contribution is 2.30. The molecule has 1 aromatic carbocycles. The average molecular weight is 183 g/mol. The molecule has 0 amide bonds. The molecule has 13 heavy (non-hydrogen) atoms. The van der Waals surface area contributed by atoms with Gasteiger partial charge < -0.3 is 20.3 Å². The molecule has 4 heteroatoms. The van der Waals surface area contributed by atoms with Crippen LogP contribution in [0.3, 0.4) is 0 Å². The fraction of sp³-hybridized carbons (Fsp3) is 0.333. The van der Waals surface area contributed by atoms with Gasteiger partial charge in [-0.05, 0) is 12.1 Å². The Bertz CT molecular complexity index is 276. The molecule has 0 radical (unpaired) electrons. The van der Waals surface area contributed by atoms with Gasteiger partial charge in [0.1, 0.15) is 12.4 Å². The topological polar surface area (TPSA) is 64.7 Å². The molecule has 1 rings (SSSR count). The zero-order valence-corrected chi connectivity index (χ0v) is 7.49. The van der Waals surface area contributed by atoms with Crippen molar-refractivity contribution >= 4 is 0 Å². The summed E-state index contributed by atoms with van der Waals surface area (Å²) in [7, 11) is 1.54. The van der Waals surface area contributed by atoms with Crippen LogP contribution in [0.1, 0.15) is 0 Å². The van der Waals surface area contributed by atoms with Crippen molar-refractivity contribution in [1.82, 2.24) is 0 Å². The second-order valence-corrected chi connectivity index (χ2v) is 2.47. The monoisotopic (exact) mass is 183 g/mol. The van der Waals surface area contributed by atoms with Gasteiger partial charge in [-0.1, -0.05) is 0 Å². The normalized spacial score (nSPS) is 9.69. The van der Waals surface area contributed by atoms with Crippen LogP contribution in [0.15, 0.2) is 18.2 Å². The van der Waals surface area contributed by atoms with Crippen LogP contribution in [0.2, 0.25) is 0 Å². The van der Waals surface area contributed by atoms with Crippen molar-refractivity contribution in [2.45, 2.75) is 0 Å². The average Bonchev–Trinajstić information content (AvgIpc) is 2.15. The van der Waals surface area contributed by atoms with Gasteiger partial charge in [0.05, 0.1) is 7.11 Å². The first-order valence-corrected chi connectivity index (χ1v) is 3.98. The number of aromatic hydroxyl groups is 1. The Balaban J connectivity index is 2.81. The van der Waals surface area contributed by atoms with Crippen LogP contribution in [-0.2, 0) is 0 Å². The Morgan fingerprint density at radius 2 is 2.15 bits per heavy atom. The van der Waals surface area contributed by atoms with Gasteiger partial charge in [-0.15, -0.1) is 0 Å². The number of hydrogen-bond donors (Lipinski definition) is 2. The summed E-state index contributed by atoms with van der Waals surface area (Å²) in [5.41, 5.74) is 5.28. The smallest absolute Gasteiger partial charge is 0.164 e. The summed E-state index contributed by atoms with van der Waals surface area (Å²) in [5.74, 6) is 1.24. The number of hydrogen-bond acceptors (Lipinski definition) is 4. The van der Waals surface area contributed by atoms with Crippen molar-refractivity contribution in [3.05, 3.63) is 18.2 Å². The van der Waals surface area contributed by atoms with E-state index in [-0.39, 0.29) is 5.75 Å². The van der Waals surface area contributed by atoms with Gasteiger partial charge in [0.15, 0.2) is 11.5 Å². The van der Waals surface area contributed by atoms with E-state index in [1.807, 2.05) is 0 Å². The largest absolute Gasteiger partial charge is 0.508 e. The molecule has 72 valence electrons. The fourth-order valence-electron chi connectivity index (χ4n) is 0.947. The first-order chi connectivity index (χ1) is 6.27. The molecular formula is C9H13NO3. The molecular weight excluding hydrogens is 170 g/mol. The first-order valence-electron chi connectivity index (χ1n) is 3.98. The Labute approximate surface area is 76.9 Å². The third kappa shape index (κ3) is 2.52. The summed E-state index contributed by atoms with van der Waals surface area (Å²) in [6.07, 6.45) is 0. The molecule has 0 aliphatic rings. The van der Waals surface area contributed by atoms with Crippen molar-refractivity contribution in [2.75, 3.05) is 20.3 Å². The molecule has 0 aromatic heterocycles. The van der Waals surface area contributed by atoms with E-state index in [1.165, 1.54) is 12.1 Å². The van der Waals surface area contributed by atoms with E-state index < -0.39 is 0 Å². The third-order valence-electron chi connectivity index (χ3n) is 1.52. The Morgan fingerprint density at radius 1 is 1.38 bits per heavy atom. The van der Waals surface area contributed by atoms with E-state index in [1.54, 1.807) is 13.2 Å². The van der Waals surface area contributed by atoms with Gasteiger partial charge in [-0.2, -0.15) is 0 Å². The van der Waals surface area contributed by atoms with E-state index in [0.29, 0.717) is 24.7 Å². The van der Waals surface area contributed by atoms with Crippen LogP contribution in [0.25, 0.3) is 0 Å². The van der Waals surface area contributed by atoms with Crippen LogP contribution in [0, 0.1) is 0 Å². The van der Waals surface area contributed by atoms with Crippen LogP contribution in [0.5, 0.6) is 17.2 Å². The number of methoxy groups -OCH3 is 1. The summed E-state index contributed by atoms with van der Waals surface area (Å²) in [5, 5.41) is 9.17. The lowest BCUT2D eigenvalue weighted by molar-refractivity contribution is 0.300. The van der Waals surface area contributed by atoms with E-state index in [0.717, 1.165) is 0 Å². The summed E-state index contributed by atoms with van der Waals surface area (Å²) in [6, 6.07) is 4.67. The van der Waals surface area contributed by atoms with Crippen molar-refractivity contribution in [3.63, 3.8) is 0 Å². The highest BCUT2D eigenvalue weighted by molar-refractivity contribution is 5.44. The van der Waals surface area contributed by atoms with Crippen LogP contribution in [-0.4, -0.2) is 25.4 Å². The molecule has 4 nitrogen and oxygen atoms in total. The van der Waals surface area contributed by atoms with Gasteiger partial charge in [-0.3, -0.25) is 0 Å². The first kappa shape index (κ1) is 9.67. The van der Waals surface area contributed by atoms with Crippen molar-refractivity contribution in [1.29, 1.82) is 0 Å². The Morgan fingerprint density at radius 3 is 2.77 bits per heavy atom. The predicted octanol–water partition coefficient (Wildman–Crippen LogP) is 0.738. The number of phenols is 1. The molecule has 0 atom stereocenters. The minimum Gasteiger partial charge on any atom is -0.508 e. The standard InChI is InChI=1S/C9H13NO3/c1-12-8-3-2-7(11)6-9(8)13-5-4-10/h2-3,6,11H,4-5,10H2,1H3. The Kier molecular flexibility index (Phi) is 3.40. The Hall–Kier alpha value is -1.42. The van der Waals surface area contributed by atoms with Crippen LogP contribution < -0.4 is 15.2 Å². The van der Waals surface area contributed by atoms with Crippen molar-refractivity contribution in [3.8, 4) is 17.2 Å². The van der Waals surface area contributed by atoms with Crippen LogP contribution in [0.4, 0.5) is 0 Å². The molecule has 1 aromatic rings. The molecule has 0 fully saturated rings. The number of benzene rings is 1. The molecule has 0 unspecified atom stereocenters. The number of ether oxygens (including phenoxy) is 2. The minimum absolute atomic E-state index is 0.146. The predicted molar refractivity (Wildman–Crippen MR) is 49.2 cm³/mol. The van der Waals surface area contributed by atoms with Crippen molar-refractivity contribution < 1.29 is 14.6 Å². The third-order valence-corrected chi connectivity index (χ3v) is 1.52. The molecule has 0 saturated heterocycles. The minimum atomic E-state index is 0.146. The van der Waals surface area contributed by atoms with Gasteiger partial charge in [0, 0.05) is 12.6 Å². The quantitative estimate of drug-likeness (QED) is 0.722. The van der Waals surface area contributed by atoms with E-state index >= 15 is 0 Å². The molecule has 0 bridgehead atoms. The van der Waals surface area contributed by atoms with E-state index in [9.17, 15) is 0 Å². The summed E-state index contributed by atoms with van der Waals surface area (Å²) >= 11 is 0.